The Labute approximate surface area is 131 Å². The van der Waals surface area contributed by atoms with Gasteiger partial charge in [-0.1, -0.05) is 54.2 Å². The van der Waals surface area contributed by atoms with Gasteiger partial charge in [-0.15, -0.1) is 0 Å². The van der Waals surface area contributed by atoms with E-state index in [4.69, 9.17) is 18.0 Å². The van der Waals surface area contributed by atoms with Gasteiger partial charge >= 0.3 is 0 Å². The first kappa shape index (κ1) is 14.1. The lowest BCUT2D eigenvalue weighted by atomic mass is 9.99. The first-order valence-electron chi connectivity index (χ1n) is 7.37. The van der Waals surface area contributed by atoms with Crippen LogP contribution < -0.4 is 10.6 Å². The third-order valence-electron chi connectivity index (χ3n) is 4.06. The van der Waals surface area contributed by atoms with Crippen LogP contribution in [0.5, 0.6) is 0 Å². The van der Waals surface area contributed by atoms with Gasteiger partial charge in [-0.25, -0.2) is 0 Å². The second kappa shape index (κ2) is 5.86. The topological polar surface area (TPSA) is 29.3 Å². The standard InChI is InChI=1S/C18H20N2S/c1-13-4-9-17-16(11-13)3-2-10-20(17)12-14-5-7-15(8-6-14)18(19)21/h4-9,11H,2-3,10,12H2,1H3,(H2,19,21). The van der Waals surface area contributed by atoms with Crippen LogP contribution in [0, 0.1) is 6.92 Å². The van der Waals surface area contributed by atoms with Crippen molar-refractivity contribution in [2.45, 2.75) is 26.3 Å². The number of aryl methyl sites for hydroxylation is 2. The maximum absolute atomic E-state index is 5.65. The number of rotatable bonds is 3. The minimum Gasteiger partial charge on any atom is -0.389 e. The van der Waals surface area contributed by atoms with Crippen molar-refractivity contribution in [3.05, 3.63) is 64.7 Å². The van der Waals surface area contributed by atoms with Crippen LogP contribution >= 0.6 is 12.2 Å². The Morgan fingerprint density at radius 2 is 1.95 bits per heavy atom. The van der Waals surface area contributed by atoms with Crippen molar-refractivity contribution in [2.24, 2.45) is 5.73 Å². The van der Waals surface area contributed by atoms with Gasteiger partial charge in [-0.05, 0) is 37.0 Å². The molecule has 2 nitrogen and oxygen atoms in total. The van der Waals surface area contributed by atoms with Crippen molar-refractivity contribution in [3.63, 3.8) is 0 Å². The van der Waals surface area contributed by atoms with Crippen LogP contribution in [0.15, 0.2) is 42.5 Å². The molecule has 0 atom stereocenters. The fourth-order valence-corrected chi connectivity index (χ4v) is 3.10. The largest absolute Gasteiger partial charge is 0.389 e. The fraction of sp³-hybridized carbons (Fsp3) is 0.278. The van der Waals surface area contributed by atoms with Gasteiger partial charge in [0.15, 0.2) is 0 Å². The summed E-state index contributed by atoms with van der Waals surface area (Å²) in [6.45, 7) is 4.22. The van der Waals surface area contributed by atoms with Gasteiger partial charge in [-0.3, -0.25) is 0 Å². The van der Waals surface area contributed by atoms with E-state index in [2.05, 4.69) is 42.2 Å². The van der Waals surface area contributed by atoms with Crippen LogP contribution in [0.25, 0.3) is 0 Å². The highest BCUT2D eigenvalue weighted by Gasteiger charge is 2.16. The molecule has 3 rings (SSSR count). The van der Waals surface area contributed by atoms with E-state index in [1.165, 1.54) is 35.2 Å². The lowest BCUT2D eigenvalue weighted by molar-refractivity contribution is 0.691. The molecule has 21 heavy (non-hydrogen) atoms. The van der Waals surface area contributed by atoms with E-state index in [9.17, 15) is 0 Å². The van der Waals surface area contributed by atoms with Gasteiger partial charge in [-0.2, -0.15) is 0 Å². The third kappa shape index (κ3) is 3.08. The van der Waals surface area contributed by atoms with E-state index in [-0.39, 0.29) is 0 Å². The Morgan fingerprint density at radius 1 is 1.19 bits per heavy atom. The maximum Gasteiger partial charge on any atom is 0.103 e. The van der Waals surface area contributed by atoms with E-state index < -0.39 is 0 Å². The number of nitrogens with two attached hydrogens (primary N) is 1. The molecule has 0 aromatic heterocycles. The van der Waals surface area contributed by atoms with Crippen LogP contribution in [0.2, 0.25) is 0 Å². The van der Waals surface area contributed by atoms with Crippen molar-refractivity contribution in [1.29, 1.82) is 0 Å². The smallest absolute Gasteiger partial charge is 0.103 e. The van der Waals surface area contributed by atoms with Gasteiger partial charge in [0.2, 0.25) is 0 Å². The van der Waals surface area contributed by atoms with Gasteiger partial charge in [0.05, 0.1) is 0 Å². The fourth-order valence-electron chi connectivity index (χ4n) is 2.96. The van der Waals surface area contributed by atoms with E-state index in [0.29, 0.717) is 4.99 Å². The first-order chi connectivity index (χ1) is 10.1. The number of hydrogen-bond acceptors (Lipinski definition) is 2. The zero-order valence-corrected chi connectivity index (χ0v) is 13.1. The molecule has 2 aromatic rings. The summed E-state index contributed by atoms with van der Waals surface area (Å²) in [7, 11) is 0. The zero-order chi connectivity index (χ0) is 14.8. The Hall–Kier alpha value is -1.87. The number of hydrogen-bond donors (Lipinski definition) is 1. The van der Waals surface area contributed by atoms with Crippen LogP contribution in [0.3, 0.4) is 0 Å². The molecule has 1 heterocycles. The van der Waals surface area contributed by atoms with Crippen LogP contribution in [-0.4, -0.2) is 11.5 Å². The maximum atomic E-state index is 5.65. The summed E-state index contributed by atoms with van der Waals surface area (Å²) in [4.78, 5) is 2.92. The van der Waals surface area contributed by atoms with Crippen LogP contribution in [-0.2, 0) is 13.0 Å². The zero-order valence-electron chi connectivity index (χ0n) is 12.3. The predicted molar refractivity (Wildman–Crippen MR) is 92.9 cm³/mol. The van der Waals surface area contributed by atoms with Crippen molar-refractivity contribution in [2.75, 3.05) is 11.4 Å². The number of fused-ring (bicyclic) bond motifs is 1. The Kier molecular flexibility index (Phi) is 3.93. The molecule has 0 spiro atoms. The second-order valence-corrected chi connectivity index (χ2v) is 6.16. The highest BCUT2D eigenvalue weighted by atomic mass is 32.1. The van der Waals surface area contributed by atoms with Gasteiger partial charge in [0, 0.05) is 24.3 Å². The van der Waals surface area contributed by atoms with E-state index >= 15 is 0 Å². The summed E-state index contributed by atoms with van der Waals surface area (Å²) in [5, 5.41) is 0. The normalized spacial score (nSPS) is 13.9. The summed E-state index contributed by atoms with van der Waals surface area (Å²) in [6.07, 6.45) is 2.41. The summed E-state index contributed by atoms with van der Waals surface area (Å²) in [5.41, 5.74) is 12.1. The minimum atomic E-state index is 0.459. The Morgan fingerprint density at radius 3 is 2.67 bits per heavy atom. The molecule has 108 valence electrons. The van der Waals surface area contributed by atoms with Crippen molar-refractivity contribution in [3.8, 4) is 0 Å². The van der Waals surface area contributed by atoms with Crippen LogP contribution in [0.4, 0.5) is 5.69 Å². The SMILES string of the molecule is Cc1ccc2c(c1)CCCN2Cc1ccc(C(N)=S)cc1. The molecule has 0 bridgehead atoms. The molecular weight excluding hydrogens is 276 g/mol. The predicted octanol–water partition coefficient (Wildman–Crippen LogP) is 3.58. The van der Waals surface area contributed by atoms with E-state index in [0.717, 1.165) is 18.7 Å². The summed E-state index contributed by atoms with van der Waals surface area (Å²) in [6, 6.07) is 15.0. The molecule has 2 aromatic carbocycles. The molecule has 0 saturated carbocycles. The van der Waals surface area contributed by atoms with Gasteiger partial charge in [0.25, 0.3) is 0 Å². The lowest BCUT2D eigenvalue weighted by Crippen LogP contribution is -2.28. The molecule has 0 radical (unpaired) electrons. The second-order valence-electron chi connectivity index (χ2n) is 5.72. The molecule has 0 saturated heterocycles. The third-order valence-corrected chi connectivity index (χ3v) is 4.30. The quantitative estimate of drug-likeness (QED) is 0.878. The molecule has 3 heteroatoms. The van der Waals surface area contributed by atoms with E-state index in [1.54, 1.807) is 0 Å². The monoisotopic (exact) mass is 296 g/mol. The number of thiocarbonyl (C=S) groups is 1. The van der Waals surface area contributed by atoms with Gasteiger partial charge < -0.3 is 10.6 Å². The molecule has 0 fully saturated rings. The molecule has 2 N–H and O–H groups in total. The number of nitrogens with zero attached hydrogens (tertiary/aromatic N) is 1. The summed E-state index contributed by atoms with van der Waals surface area (Å²) < 4.78 is 0. The molecule has 1 aliphatic rings. The van der Waals surface area contributed by atoms with Gasteiger partial charge in [0.1, 0.15) is 4.99 Å². The molecule has 0 aliphatic carbocycles. The highest BCUT2D eigenvalue weighted by molar-refractivity contribution is 7.80. The van der Waals surface area contributed by atoms with Crippen molar-refractivity contribution in [1.82, 2.24) is 0 Å². The average molecular weight is 296 g/mol. The Bertz CT molecular complexity index is 661. The molecule has 0 unspecified atom stereocenters. The average Bonchev–Trinajstić information content (AvgIpc) is 2.47. The Balaban J connectivity index is 1.81. The highest BCUT2D eigenvalue weighted by Crippen LogP contribution is 2.29. The molecular formula is C18H20N2S. The van der Waals surface area contributed by atoms with Crippen LogP contribution in [0.1, 0.15) is 28.7 Å². The van der Waals surface area contributed by atoms with E-state index in [1.807, 2.05) is 12.1 Å². The number of benzene rings is 2. The molecule has 1 aliphatic heterocycles. The van der Waals surface area contributed by atoms with Crippen molar-refractivity contribution >= 4 is 22.9 Å². The first-order valence-corrected chi connectivity index (χ1v) is 7.77. The lowest BCUT2D eigenvalue weighted by Gasteiger charge is -2.31. The summed E-state index contributed by atoms with van der Waals surface area (Å²) in [5.74, 6) is 0. The molecule has 0 amide bonds. The summed E-state index contributed by atoms with van der Waals surface area (Å²) >= 11 is 5.00. The minimum absolute atomic E-state index is 0.459. The van der Waals surface area contributed by atoms with Crippen molar-refractivity contribution < 1.29 is 0 Å². The number of anilines is 1.